The molecular formula is C17H23N5O3S. The summed E-state index contributed by atoms with van der Waals surface area (Å²) in [6.45, 7) is 10.1. The molecule has 2 rings (SSSR count). The van der Waals surface area contributed by atoms with Gasteiger partial charge in [0.1, 0.15) is 5.82 Å². The van der Waals surface area contributed by atoms with Crippen molar-refractivity contribution in [3.8, 4) is 0 Å². The van der Waals surface area contributed by atoms with Crippen LogP contribution in [0.15, 0.2) is 41.3 Å². The largest absolute Gasteiger partial charge is 0.335 e. The van der Waals surface area contributed by atoms with E-state index in [2.05, 4.69) is 26.5 Å². The van der Waals surface area contributed by atoms with E-state index in [4.69, 9.17) is 0 Å². The first-order valence-corrected chi connectivity index (χ1v) is 9.62. The van der Waals surface area contributed by atoms with Gasteiger partial charge < -0.3 is 4.90 Å². The number of sulfonamides is 1. The lowest BCUT2D eigenvalue weighted by Crippen LogP contribution is -2.32. The summed E-state index contributed by atoms with van der Waals surface area (Å²) in [5.41, 5.74) is 1.16. The highest BCUT2D eigenvalue weighted by molar-refractivity contribution is 7.89. The molecule has 140 valence electrons. The fourth-order valence-electron chi connectivity index (χ4n) is 2.34. The number of carbonyl (C=O) groups excluding carboxylic acids is 1. The number of hydrogen-bond donors (Lipinski definition) is 2. The van der Waals surface area contributed by atoms with Crippen molar-refractivity contribution in [2.45, 2.75) is 32.2 Å². The quantitative estimate of drug-likeness (QED) is 0.680. The summed E-state index contributed by atoms with van der Waals surface area (Å²) >= 11 is 0. The number of nitrogens with zero attached hydrogens (tertiary/aromatic N) is 3. The van der Waals surface area contributed by atoms with E-state index in [9.17, 15) is 13.2 Å². The molecule has 0 saturated carbocycles. The van der Waals surface area contributed by atoms with Crippen molar-refractivity contribution in [3.63, 3.8) is 0 Å². The first kappa shape index (κ1) is 19.8. The van der Waals surface area contributed by atoms with Gasteiger partial charge in [-0.2, -0.15) is 5.10 Å². The summed E-state index contributed by atoms with van der Waals surface area (Å²) in [7, 11) is -3.79. The third-order valence-corrected chi connectivity index (χ3v) is 4.98. The van der Waals surface area contributed by atoms with Gasteiger partial charge in [0.2, 0.25) is 10.0 Å². The van der Waals surface area contributed by atoms with E-state index in [1.807, 2.05) is 13.8 Å². The topological polar surface area (TPSA) is 108 Å². The van der Waals surface area contributed by atoms with Crippen molar-refractivity contribution >= 4 is 15.9 Å². The Balaban J connectivity index is 2.18. The highest BCUT2D eigenvalue weighted by Crippen LogP contribution is 2.14. The zero-order chi connectivity index (χ0) is 19.3. The second-order valence-corrected chi connectivity index (χ2v) is 7.73. The number of likely N-dealkylation sites (N-methyl/N-ethyl adjacent to an activating group) is 1. The third kappa shape index (κ3) is 4.99. The predicted molar refractivity (Wildman–Crippen MR) is 98.0 cm³/mol. The van der Waals surface area contributed by atoms with Crippen LogP contribution in [0.25, 0.3) is 0 Å². The van der Waals surface area contributed by atoms with E-state index in [1.54, 1.807) is 24.0 Å². The number of hydrogen-bond acceptors (Lipinski definition) is 5. The molecule has 9 heteroatoms. The van der Waals surface area contributed by atoms with Crippen LogP contribution in [0.5, 0.6) is 0 Å². The van der Waals surface area contributed by atoms with Gasteiger partial charge >= 0.3 is 0 Å². The predicted octanol–water partition coefficient (Wildman–Crippen LogP) is 1.63. The Kier molecular flexibility index (Phi) is 6.27. The van der Waals surface area contributed by atoms with Crippen molar-refractivity contribution in [2.75, 3.05) is 13.1 Å². The molecule has 1 amide bonds. The van der Waals surface area contributed by atoms with Gasteiger partial charge in [0.05, 0.1) is 11.4 Å². The first-order chi connectivity index (χ1) is 12.2. The van der Waals surface area contributed by atoms with Gasteiger partial charge in [-0.25, -0.2) is 18.1 Å². The summed E-state index contributed by atoms with van der Waals surface area (Å²) in [5.74, 6) is 0.707. The minimum Gasteiger partial charge on any atom is -0.335 e. The van der Waals surface area contributed by atoms with E-state index in [0.717, 1.165) is 5.57 Å². The highest BCUT2D eigenvalue weighted by Gasteiger charge is 2.19. The van der Waals surface area contributed by atoms with Crippen LogP contribution in [0.4, 0.5) is 0 Å². The molecule has 0 atom stereocenters. The molecule has 0 fully saturated rings. The van der Waals surface area contributed by atoms with Crippen LogP contribution in [0, 0.1) is 6.92 Å². The second kappa shape index (κ2) is 8.24. The minimum atomic E-state index is -3.79. The Morgan fingerprint density at radius 2 is 2.12 bits per heavy atom. The molecular weight excluding hydrogens is 354 g/mol. The number of aromatic nitrogens is 3. The average molecular weight is 377 g/mol. The van der Waals surface area contributed by atoms with Crippen LogP contribution in [0.3, 0.4) is 0 Å². The van der Waals surface area contributed by atoms with Crippen molar-refractivity contribution in [2.24, 2.45) is 0 Å². The molecule has 2 N–H and O–H groups in total. The number of nitrogens with one attached hydrogen (secondary N) is 2. The fraction of sp³-hybridized carbons (Fsp3) is 0.353. The van der Waals surface area contributed by atoms with E-state index < -0.39 is 10.0 Å². The zero-order valence-corrected chi connectivity index (χ0v) is 15.9. The molecule has 0 aliphatic rings. The number of amides is 1. The Hall–Kier alpha value is -2.52. The summed E-state index contributed by atoms with van der Waals surface area (Å²) in [4.78, 5) is 18.3. The molecule has 1 aromatic carbocycles. The number of carbonyl (C=O) groups is 1. The Bertz CT molecular complexity index is 905. The molecule has 1 aromatic heterocycles. The van der Waals surface area contributed by atoms with Crippen LogP contribution in [-0.2, 0) is 16.6 Å². The average Bonchev–Trinajstić information content (AvgIpc) is 3.03. The number of H-pyrrole nitrogens is 1. The van der Waals surface area contributed by atoms with Gasteiger partial charge in [-0.3, -0.25) is 9.89 Å². The van der Waals surface area contributed by atoms with Crippen LogP contribution in [-0.4, -0.2) is 47.5 Å². The minimum absolute atomic E-state index is 0.0157. The molecule has 0 radical (unpaired) electrons. The third-order valence-electron chi connectivity index (χ3n) is 3.58. The molecule has 2 aromatic rings. The van der Waals surface area contributed by atoms with Crippen LogP contribution >= 0.6 is 0 Å². The van der Waals surface area contributed by atoms with E-state index in [0.29, 0.717) is 30.3 Å². The summed E-state index contributed by atoms with van der Waals surface area (Å²) in [6, 6.07) is 5.96. The molecule has 0 bridgehead atoms. The molecule has 26 heavy (non-hydrogen) atoms. The molecule has 8 nitrogen and oxygen atoms in total. The number of aromatic amines is 1. The Labute approximate surface area is 153 Å². The molecule has 0 aliphatic carbocycles. The van der Waals surface area contributed by atoms with Crippen molar-refractivity contribution in [1.29, 1.82) is 0 Å². The van der Waals surface area contributed by atoms with Crippen molar-refractivity contribution < 1.29 is 13.2 Å². The molecule has 1 heterocycles. The van der Waals surface area contributed by atoms with Crippen LogP contribution < -0.4 is 4.72 Å². The van der Waals surface area contributed by atoms with E-state index >= 15 is 0 Å². The fourth-order valence-corrected chi connectivity index (χ4v) is 3.37. The monoisotopic (exact) mass is 377 g/mol. The Morgan fingerprint density at radius 3 is 2.69 bits per heavy atom. The maximum absolute atomic E-state index is 12.6. The SMILES string of the molecule is C=C(C)CN(CC)C(=O)c1cccc(S(=O)(=O)NCc2n[nH]c(C)n2)c1. The van der Waals surface area contributed by atoms with Crippen LogP contribution in [0.2, 0.25) is 0 Å². The second-order valence-electron chi connectivity index (χ2n) is 5.97. The lowest BCUT2D eigenvalue weighted by atomic mass is 10.2. The molecule has 0 aliphatic heterocycles. The van der Waals surface area contributed by atoms with Gasteiger partial charge in [0, 0.05) is 18.7 Å². The Morgan fingerprint density at radius 1 is 1.38 bits per heavy atom. The van der Waals surface area contributed by atoms with Gasteiger partial charge in [-0.05, 0) is 39.0 Å². The van der Waals surface area contributed by atoms with E-state index in [1.165, 1.54) is 12.1 Å². The number of aryl methyl sites for hydroxylation is 1. The van der Waals surface area contributed by atoms with E-state index in [-0.39, 0.29) is 17.3 Å². The van der Waals surface area contributed by atoms with Crippen LogP contribution in [0.1, 0.15) is 35.9 Å². The zero-order valence-electron chi connectivity index (χ0n) is 15.1. The van der Waals surface area contributed by atoms with Crippen molar-refractivity contribution in [1.82, 2.24) is 24.8 Å². The molecule has 0 unspecified atom stereocenters. The van der Waals surface area contributed by atoms with Gasteiger partial charge in [0.15, 0.2) is 5.82 Å². The van der Waals surface area contributed by atoms with Crippen molar-refractivity contribution in [3.05, 3.63) is 53.6 Å². The standard InChI is InChI=1S/C17H23N5O3S/c1-5-22(11-12(2)3)17(23)14-7-6-8-15(9-14)26(24,25)18-10-16-19-13(4)20-21-16/h6-9,18H,2,5,10-11H2,1,3-4H3,(H,19,20,21). The van der Waals surface area contributed by atoms with Gasteiger partial charge in [-0.1, -0.05) is 18.2 Å². The maximum atomic E-state index is 12.6. The summed E-state index contributed by atoms with van der Waals surface area (Å²) < 4.78 is 27.4. The molecule has 0 spiro atoms. The molecule has 0 saturated heterocycles. The van der Waals surface area contributed by atoms with Gasteiger partial charge in [0.25, 0.3) is 5.91 Å². The lowest BCUT2D eigenvalue weighted by Gasteiger charge is -2.21. The smallest absolute Gasteiger partial charge is 0.254 e. The summed E-state index contributed by atoms with van der Waals surface area (Å²) in [6.07, 6.45) is 0. The maximum Gasteiger partial charge on any atom is 0.254 e. The number of rotatable bonds is 8. The van der Waals surface area contributed by atoms with Gasteiger partial charge in [-0.15, -0.1) is 0 Å². The summed E-state index contributed by atoms with van der Waals surface area (Å²) in [5, 5.41) is 6.54. The lowest BCUT2D eigenvalue weighted by molar-refractivity contribution is 0.0778. The first-order valence-electron chi connectivity index (χ1n) is 8.14. The highest BCUT2D eigenvalue weighted by atomic mass is 32.2. The normalized spacial score (nSPS) is 11.3. The number of benzene rings is 1.